The number of anilines is 1. The fourth-order valence-electron chi connectivity index (χ4n) is 6.04. The fraction of sp³-hybridized carbons (Fsp3) is 0.581. The minimum atomic E-state index is -0.587. The molecule has 3 heterocycles. The summed E-state index contributed by atoms with van der Waals surface area (Å²) >= 11 is 1.32. The number of carbonyl (C=O) groups excluding carboxylic acids is 3. The first-order valence-electron chi connectivity index (χ1n) is 14.9. The van der Waals surface area contributed by atoms with Crippen molar-refractivity contribution in [1.29, 1.82) is 0 Å². The monoisotopic (exact) mass is 584 g/mol. The summed E-state index contributed by atoms with van der Waals surface area (Å²) in [6.07, 6.45) is 5.07. The van der Waals surface area contributed by atoms with Crippen molar-refractivity contribution >= 4 is 35.0 Å². The molecule has 2 aliphatic heterocycles. The number of nitrogens with one attached hydrogen (secondary N) is 1. The molecule has 3 aliphatic rings. The maximum Gasteiger partial charge on any atom is 0.412 e. The predicted molar refractivity (Wildman–Crippen MR) is 157 cm³/mol. The van der Waals surface area contributed by atoms with Gasteiger partial charge in [-0.25, -0.2) is 9.59 Å². The normalized spacial score (nSPS) is 24.9. The van der Waals surface area contributed by atoms with E-state index >= 15 is 0 Å². The molecule has 1 saturated carbocycles. The van der Waals surface area contributed by atoms with Gasteiger partial charge in [-0.2, -0.15) is 0 Å². The number of morpholine rings is 1. The zero-order valence-corrected chi connectivity index (χ0v) is 25.0. The number of hydrogen-bond acceptors (Lipinski definition) is 7. The van der Waals surface area contributed by atoms with Crippen molar-refractivity contribution < 1.29 is 33.5 Å². The molecule has 1 aliphatic carbocycles. The SMILES string of the molecule is CC1CCC(C(=O)N(c2cc(-c3ccccc3)sc2C(=O)OCOC(=O)N2CCOCC2)C2CC[NH+](C)CC2)CC1. The van der Waals surface area contributed by atoms with Crippen LogP contribution in [0.3, 0.4) is 0 Å². The Morgan fingerprint density at radius 3 is 2.37 bits per heavy atom. The van der Waals surface area contributed by atoms with Gasteiger partial charge in [0.05, 0.1) is 39.0 Å². The summed E-state index contributed by atoms with van der Waals surface area (Å²) in [4.78, 5) is 46.4. The standard InChI is InChI=1S/C31H41N3O6S/c1-22-8-10-24(11-9-22)29(35)34(25-12-14-32(2)15-13-25)26-20-27(23-6-4-3-5-7-23)41-28(26)30(36)39-21-40-31(37)33-16-18-38-19-17-33/h3-7,20,22,24-25H,8-19,21H2,1-2H3/p+1. The Labute approximate surface area is 246 Å². The molecule has 9 nitrogen and oxygen atoms in total. The van der Waals surface area contributed by atoms with Crippen molar-refractivity contribution in [3.63, 3.8) is 0 Å². The Bertz CT molecular complexity index is 1180. The quantitative estimate of drug-likeness (QED) is 0.393. The van der Waals surface area contributed by atoms with Gasteiger partial charge in [0.2, 0.25) is 12.7 Å². The molecular weight excluding hydrogens is 542 g/mol. The number of amides is 2. The molecule has 0 spiro atoms. The van der Waals surface area contributed by atoms with Crippen LogP contribution in [0.25, 0.3) is 10.4 Å². The summed E-state index contributed by atoms with van der Waals surface area (Å²) in [6, 6.07) is 11.9. The van der Waals surface area contributed by atoms with Gasteiger partial charge in [0.15, 0.2) is 0 Å². The van der Waals surface area contributed by atoms with E-state index in [1.54, 1.807) is 0 Å². The van der Waals surface area contributed by atoms with E-state index in [9.17, 15) is 14.4 Å². The maximum absolute atomic E-state index is 14.3. The number of thiophene rings is 1. The van der Waals surface area contributed by atoms with Gasteiger partial charge in [0.1, 0.15) is 4.88 Å². The van der Waals surface area contributed by atoms with E-state index in [0.29, 0.717) is 42.8 Å². The topological polar surface area (TPSA) is 89.8 Å². The number of piperidine rings is 1. The van der Waals surface area contributed by atoms with Gasteiger partial charge in [-0.15, -0.1) is 11.3 Å². The van der Waals surface area contributed by atoms with E-state index in [-0.39, 0.29) is 17.9 Å². The lowest BCUT2D eigenvalue weighted by Gasteiger charge is -2.38. The van der Waals surface area contributed by atoms with Crippen LogP contribution in [-0.2, 0) is 19.0 Å². The van der Waals surface area contributed by atoms with Crippen LogP contribution < -0.4 is 9.80 Å². The average molecular weight is 585 g/mol. The molecule has 5 rings (SSSR count). The first-order valence-corrected chi connectivity index (χ1v) is 15.7. The van der Waals surface area contributed by atoms with E-state index in [2.05, 4.69) is 14.0 Å². The van der Waals surface area contributed by atoms with E-state index in [0.717, 1.165) is 62.1 Å². The van der Waals surface area contributed by atoms with Crippen LogP contribution in [0.2, 0.25) is 0 Å². The van der Waals surface area contributed by atoms with Gasteiger partial charge in [-0.3, -0.25) is 4.79 Å². The van der Waals surface area contributed by atoms with Crippen molar-refractivity contribution in [1.82, 2.24) is 4.90 Å². The molecule has 2 aromatic rings. The lowest BCUT2D eigenvalue weighted by Crippen LogP contribution is -3.10. The number of esters is 1. The molecule has 3 fully saturated rings. The smallest absolute Gasteiger partial charge is 0.412 e. The third-order valence-corrected chi connectivity index (χ3v) is 9.79. The average Bonchev–Trinajstić information content (AvgIpc) is 3.44. The number of carbonyl (C=O) groups is 3. The van der Waals surface area contributed by atoms with Crippen LogP contribution in [0.15, 0.2) is 36.4 Å². The largest absolute Gasteiger partial charge is 0.424 e. The Balaban J connectivity index is 1.42. The highest BCUT2D eigenvalue weighted by Crippen LogP contribution is 2.41. The van der Waals surface area contributed by atoms with Gasteiger partial charge in [-0.05, 0) is 43.2 Å². The highest BCUT2D eigenvalue weighted by molar-refractivity contribution is 7.18. The molecule has 0 bridgehead atoms. The number of nitrogens with zero attached hydrogens (tertiary/aromatic N) is 2. The lowest BCUT2D eigenvalue weighted by atomic mass is 9.82. The van der Waals surface area contributed by atoms with E-state index < -0.39 is 18.9 Å². The third kappa shape index (κ3) is 7.28. The van der Waals surface area contributed by atoms with Crippen LogP contribution in [0, 0.1) is 11.8 Å². The summed E-state index contributed by atoms with van der Waals surface area (Å²) in [5, 5.41) is 0. The molecule has 1 aromatic heterocycles. The summed E-state index contributed by atoms with van der Waals surface area (Å²) in [7, 11) is 2.18. The second-order valence-corrected chi connectivity index (χ2v) is 12.7. The second kappa shape index (κ2) is 13.8. The summed E-state index contributed by atoms with van der Waals surface area (Å²) in [5.74, 6) is 0.120. The minimum absolute atomic E-state index is 0.0227. The van der Waals surface area contributed by atoms with E-state index in [1.807, 2.05) is 41.3 Å². The molecule has 41 heavy (non-hydrogen) atoms. The maximum atomic E-state index is 14.3. The van der Waals surface area contributed by atoms with Crippen LogP contribution in [-0.4, -0.2) is 82.1 Å². The van der Waals surface area contributed by atoms with Crippen LogP contribution in [0.5, 0.6) is 0 Å². The number of likely N-dealkylation sites (tertiary alicyclic amines) is 1. The van der Waals surface area contributed by atoms with Crippen molar-refractivity contribution in [2.45, 2.75) is 51.5 Å². The summed E-state index contributed by atoms with van der Waals surface area (Å²) < 4.78 is 16.0. The summed E-state index contributed by atoms with van der Waals surface area (Å²) in [5.41, 5.74) is 1.59. The van der Waals surface area contributed by atoms with Gasteiger partial charge in [0.25, 0.3) is 0 Å². The number of quaternary nitrogens is 1. The first kappa shape index (κ1) is 29.5. The zero-order chi connectivity index (χ0) is 28.8. The van der Waals surface area contributed by atoms with Gasteiger partial charge in [-0.1, -0.05) is 37.3 Å². The lowest BCUT2D eigenvalue weighted by molar-refractivity contribution is -0.884. The molecule has 0 unspecified atom stereocenters. The molecule has 1 aromatic carbocycles. The van der Waals surface area contributed by atoms with E-state index in [1.165, 1.54) is 21.1 Å². The third-order valence-electron chi connectivity index (χ3n) is 8.63. The summed E-state index contributed by atoms with van der Waals surface area (Å²) in [6.45, 7) is 5.51. The van der Waals surface area contributed by atoms with Gasteiger partial charge < -0.3 is 28.9 Å². The Morgan fingerprint density at radius 1 is 1.00 bits per heavy atom. The minimum Gasteiger partial charge on any atom is -0.424 e. The van der Waals surface area contributed by atoms with Crippen molar-refractivity contribution in [3.05, 3.63) is 41.3 Å². The molecule has 2 amide bonds. The zero-order valence-electron chi connectivity index (χ0n) is 24.1. The van der Waals surface area contributed by atoms with E-state index in [4.69, 9.17) is 14.2 Å². The number of benzene rings is 1. The number of hydrogen-bond donors (Lipinski definition) is 1. The molecule has 222 valence electrons. The molecule has 10 heteroatoms. The molecule has 1 N–H and O–H groups in total. The molecular formula is C31H42N3O6S+. The first-order chi connectivity index (χ1) is 19.9. The predicted octanol–water partition coefficient (Wildman–Crippen LogP) is 3.83. The van der Waals surface area contributed by atoms with Gasteiger partial charge >= 0.3 is 12.1 Å². The van der Waals surface area contributed by atoms with Crippen molar-refractivity contribution in [2.24, 2.45) is 11.8 Å². The van der Waals surface area contributed by atoms with Crippen LogP contribution >= 0.6 is 11.3 Å². The van der Waals surface area contributed by atoms with Crippen LogP contribution in [0.1, 0.15) is 55.1 Å². The Kier molecular flexibility index (Phi) is 9.95. The molecule has 0 radical (unpaired) electrons. The number of ether oxygens (including phenoxy) is 3. The highest BCUT2D eigenvalue weighted by Gasteiger charge is 2.38. The van der Waals surface area contributed by atoms with Crippen LogP contribution in [0.4, 0.5) is 10.5 Å². The number of rotatable bonds is 7. The highest BCUT2D eigenvalue weighted by atomic mass is 32.1. The second-order valence-electron chi connectivity index (χ2n) is 11.6. The van der Waals surface area contributed by atoms with Gasteiger partial charge in [0, 0.05) is 42.8 Å². The Morgan fingerprint density at radius 2 is 1.68 bits per heavy atom. The van der Waals surface area contributed by atoms with Crippen molar-refractivity contribution in [2.75, 3.05) is 58.1 Å². The molecule has 0 atom stereocenters. The molecule has 2 saturated heterocycles. The Hall–Kier alpha value is -2.95. The fourth-order valence-corrected chi connectivity index (χ4v) is 7.09. The van der Waals surface area contributed by atoms with Crippen molar-refractivity contribution in [3.8, 4) is 10.4 Å².